The molecule has 6 heteroatoms. The summed E-state index contributed by atoms with van der Waals surface area (Å²) in [6.07, 6.45) is 0. The summed E-state index contributed by atoms with van der Waals surface area (Å²) >= 11 is 1.26. The van der Waals surface area contributed by atoms with E-state index in [1.807, 2.05) is 30.3 Å². The van der Waals surface area contributed by atoms with E-state index in [1.54, 1.807) is 18.2 Å². The second-order valence-electron chi connectivity index (χ2n) is 5.54. The molecule has 2 rings (SSSR count). The lowest BCUT2D eigenvalue weighted by Crippen LogP contribution is -2.32. The summed E-state index contributed by atoms with van der Waals surface area (Å²) in [4.78, 5) is 11.0. The Balaban J connectivity index is 2.42. The minimum absolute atomic E-state index is 0.0600. The Morgan fingerprint density at radius 3 is 2.33 bits per heavy atom. The smallest absolute Gasteiger partial charge is 0.321 e. The molecule has 3 N–H and O–H groups in total. The predicted molar refractivity (Wildman–Crippen MR) is 92.4 cm³/mol. The Bertz CT molecular complexity index is 689. The first-order valence-corrected chi connectivity index (χ1v) is 8.47. The molecule has 0 aliphatic heterocycles. The number of aliphatic carboxylic acids is 1. The molecule has 0 heterocycles. The molecule has 2 atom stereocenters. The second-order valence-corrected chi connectivity index (χ2v) is 6.68. The summed E-state index contributed by atoms with van der Waals surface area (Å²) < 4.78 is 28.0. The van der Waals surface area contributed by atoms with Gasteiger partial charge in [-0.25, -0.2) is 8.78 Å². The molecule has 0 saturated heterocycles. The van der Waals surface area contributed by atoms with Gasteiger partial charge in [-0.1, -0.05) is 54.6 Å². The van der Waals surface area contributed by atoms with E-state index in [1.165, 1.54) is 17.8 Å². The van der Waals surface area contributed by atoms with Crippen LogP contribution < -0.4 is 5.73 Å². The van der Waals surface area contributed by atoms with Crippen LogP contribution in [0.4, 0.5) is 8.78 Å². The topological polar surface area (TPSA) is 63.3 Å². The molecule has 0 radical (unpaired) electrons. The lowest BCUT2D eigenvalue weighted by molar-refractivity contribution is -0.137. The van der Waals surface area contributed by atoms with Crippen LogP contribution in [0.2, 0.25) is 0 Å². The number of benzene rings is 2. The third kappa shape index (κ3) is 4.55. The molecule has 24 heavy (non-hydrogen) atoms. The van der Waals surface area contributed by atoms with Gasteiger partial charge in [-0.2, -0.15) is 0 Å². The van der Waals surface area contributed by atoms with Crippen LogP contribution >= 0.6 is 11.8 Å². The van der Waals surface area contributed by atoms with Crippen molar-refractivity contribution in [2.24, 2.45) is 5.73 Å². The number of nitrogens with two attached hydrogens (primary N) is 1. The molecule has 2 aromatic rings. The number of hydrogen-bond acceptors (Lipinski definition) is 3. The van der Waals surface area contributed by atoms with E-state index in [0.717, 1.165) is 12.5 Å². The van der Waals surface area contributed by atoms with E-state index in [4.69, 9.17) is 10.8 Å². The van der Waals surface area contributed by atoms with Crippen LogP contribution in [-0.4, -0.2) is 22.9 Å². The van der Waals surface area contributed by atoms with Gasteiger partial charge in [-0.3, -0.25) is 4.79 Å². The molecule has 1 unspecified atom stereocenters. The quantitative estimate of drug-likeness (QED) is 0.790. The van der Waals surface area contributed by atoms with Crippen LogP contribution in [0, 0.1) is 0 Å². The molecule has 0 aromatic heterocycles. The molecule has 0 spiro atoms. The summed E-state index contributed by atoms with van der Waals surface area (Å²) in [6.45, 7) is 0.863. The zero-order chi connectivity index (χ0) is 17.7. The molecule has 3 nitrogen and oxygen atoms in total. The van der Waals surface area contributed by atoms with Crippen LogP contribution in [0.3, 0.4) is 0 Å². The zero-order valence-corrected chi connectivity index (χ0v) is 14.0. The number of carboxylic acid groups (broad SMARTS) is 1. The highest BCUT2D eigenvalue weighted by Crippen LogP contribution is 2.41. The monoisotopic (exact) mass is 351 g/mol. The van der Waals surface area contributed by atoms with E-state index in [9.17, 15) is 13.6 Å². The van der Waals surface area contributed by atoms with Crippen LogP contribution in [0.5, 0.6) is 0 Å². The fourth-order valence-electron chi connectivity index (χ4n) is 2.39. The summed E-state index contributed by atoms with van der Waals surface area (Å²) in [5.74, 6) is -3.97. The van der Waals surface area contributed by atoms with Gasteiger partial charge in [0, 0.05) is 18.2 Å². The summed E-state index contributed by atoms with van der Waals surface area (Å²) in [5, 5.41) is 8.54. The van der Waals surface area contributed by atoms with Crippen LogP contribution in [0.15, 0.2) is 54.6 Å². The van der Waals surface area contributed by atoms with Crippen molar-refractivity contribution in [1.82, 2.24) is 0 Å². The first-order chi connectivity index (χ1) is 11.3. The zero-order valence-electron chi connectivity index (χ0n) is 13.2. The lowest BCUT2D eigenvalue weighted by atomic mass is 9.96. The summed E-state index contributed by atoms with van der Waals surface area (Å²) in [7, 11) is 0. The number of halogens is 2. The average Bonchev–Trinajstić information content (AvgIpc) is 2.55. The van der Waals surface area contributed by atoms with Gasteiger partial charge in [-0.05, 0) is 11.1 Å². The van der Waals surface area contributed by atoms with Crippen LogP contribution in [-0.2, 0) is 10.7 Å². The van der Waals surface area contributed by atoms with Crippen molar-refractivity contribution in [2.75, 3.05) is 5.75 Å². The average molecular weight is 351 g/mol. The number of carboxylic acids is 1. The number of alkyl halides is 2. The normalized spacial score (nSPS) is 14.2. The maximum absolute atomic E-state index is 14.0. The van der Waals surface area contributed by atoms with Gasteiger partial charge in [0.2, 0.25) is 0 Å². The van der Waals surface area contributed by atoms with Crippen LogP contribution in [0.25, 0.3) is 0 Å². The van der Waals surface area contributed by atoms with Gasteiger partial charge >= 0.3 is 5.97 Å². The third-order valence-corrected chi connectivity index (χ3v) is 4.99. The van der Waals surface area contributed by atoms with Gasteiger partial charge < -0.3 is 10.8 Å². The Labute approximate surface area is 143 Å². The van der Waals surface area contributed by atoms with Gasteiger partial charge in [0.15, 0.2) is 0 Å². The standard InChI is InChI=1S/C18H19F2NO2S/c1-18(19,20)14-10-6-5-9-13(14)16(12-7-3-2-4-8-12)24-11-15(21)17(22)23/h2-10,15-16H,11,21H2,1H3,(H,22,23)/t15-,16?/m0/s1. The first kappa shape index (κ1) is 18.4. The number of hydrogen-bond donors (Lipinski definition) is 2. The number of thioether (sulfide) groups is 1. The van der Waals surface area contributed by atoms with E-state index >= 15 is 0 Å². The van der Waals surface area contributed by atoms with E-state index < -0.39 is 23.2 Å². The Morgan fingerprint density at radius 1 is 1.17 bits per heavy atom. The SMILES string of the molecule is CC(F)(F)c1ccccc1C(SC[C@H](N)C(=O)O)c1ccccc1. The van der Waals surface area contributed by atoms with Gasteiger partial charge in [0.25, 0.3) is 5.92 Å². The summed E-state index contributed by atoms with van der Waals surface area (Å²) in [5.41, 5.74) is 6.82. The molecule has 0 aliphatic rings. The van der Waals surface area contributed by atoms with Crippen molar-refractivity contribution in [3.05, 3.63) is 71.3 Å². The third-order valence-electron chi connectivity index (χ3n) is 3.58. The minimum atomic E-state index is -2.99. The van der Waals surface area contributed by atoms with Crippen molar-refractivity contribution in [3.8, 4) is 0 Å². The van der Waals surface area contributed by atoms with E-state index in [-0.39, 0.29) is 11.3 Å². The second kappa shape index (κ2) is 7.77. The highest BCUT2D eigenvalue weighted by molar-refractivity contribution is 7.99. The highest BCUT2D eigenvalue weighted by Gasteiger charge is 2.31. The van der Waals surface area contributed by atoms with Crippen molar-refractivity contribution in [2.45, 2.75) is 24.1 Å². The molecule has 0 fully saturated rings. The number of rotatable bonds is 7. The maximum Gasteiger partial charge on any atom is 0.321 e. The molecular formula is C18H19F2NO2S. The molecule has 2 aromatic carbocycles. The molecule has 0 saturated carbocycles. The largest absolute Gasteiger partial charge is 0.480 e. The van der Waals surface area contributed by atoms with Crippen molar-refractivity contribution in [3.63, 3.8) is 0 Å². The van der Waals surface area contributed by atoms with E-state index in [0.29, 0.717) is 5.56 Å². The minimum Gasteiger partial charge on any atom is -0.480 e. The fourth-order valence-corrected chi connectivity index (χ4v) is 3.67. The van der Waals surface area contributed by atoms with Crippen molar-refractivity contribution in [1.29, 1.82) is 0 Å². The van der Waals surface area contributed by atoms with Gasteiger partial charge in [0.05, 0.1) is 5.25 Å². The molecular weight excluding hydrogens is 332 g/mol. The van der Waals surface area contributed by atoms with E-state index in [2.05, 4.69) is 0 Å². The fraction of sp³-hybridized carbons (Fsp3) is 0.278. The van der Waals surface area contributed by atoms with Crippen molar-refractivity contribution < 1.29 is 18.7 Å². The predicted octanol–water partition coefficient (Wildman–Crippen LogP) is 4.03. The van der Waals surface area contributed by atoms with Gasteiger partial charge in [-0.15, -0.1) is 11.8 Å². The molecule has 0 bridgehead atoms. The van der Waals surface area contributed by atoms with Gasteiger partial charge in [0.1, 0.15) is 6.04 Å². The van der Waals surface area contributed by atoms with Crippen molar-refractivity contribution >= 4 is 17.7 Å². The number of carbonyl (C=O) groups is 1. The molecule has 0 amide bonds. The Kier molecular flexibility index (Phi) is 5.96. The van der Waals surface area contributed by atoms with Crippen LogP contribution in [0.1, 0.15) is 28.9 Å². The maximum atomic E-state index is 14.0. The summed E-state index contributed by atoms with van der Waals surface area (Å²) in [6, 6.07) is 14.5. The Hall–Kier alpha value is -1.92. The highest BCUT2D eigenvalue weighted by atomic mass is 32.2. The Morgan fingerprint density at radius 2 is 1.75 bits per heavy atom. The lowest BCUT2D eigenvalue weighted by Gasteiger charge is -2.24. The molecule has 128 valence electrons. The molecule has 0 aliphatic carbocycles. The first-order valence-electron chi connectivity index (χ1n) is 7.43.